The van der Waals surface area contributed by atoms with Crippen LogP contribution in [0.25, 0.3) is 0 Å². The molecule has 0 saturated carbocycles. The number of rotatable bonds is 2. The highest BCUT2D eigenvalue weighted by atomic mass is 16.2. The minimum atomic E-state index is -0.183. The van der Waals surface area contributed by atoms with E-state index in [9.17, 15) is 9.59 Å². The predicted molar refractivity (Wildman–Crippen MR) is 54.9 cm³/mol. The van der Waals surface area contributed by atoms with Gasteiger partial charge in [0.05, 0.1) is 6.04 Å². The summed E-state index contributed by atoms with van der Waals surface area (Å²) in [4.78, 5) is 24.4. The summed E-state index contributed by atoms with van der Waals surface area (Å²) in [6.07, 6.45) is 1.83. The van der Waals surface area contributed by atoms with Gasteiger partial charge in [-0.15, -0.1) is 0 Å². The number of ketones is 1. The van der Waals surface area contributed by atoms with Gasteiger partial charge in [0, 0.05) is 13.5 Å². The van der Waals surface area contributed by atoms with Gasteiger partial charge in [0.1, 0.15) is 0 Å². The van der Waals surface area contributed by atoms with E-state index in [-0.39, 0.29) is 23.1 Å². The van der Waals surface area contributed by atoms with Crippen LogP contribution in [0.1, 0.15) is 40.5 Å². The number of carbonyl (C=O) groups is 2. The minimum absolute atomic E-state index is 0.0161. The van der Waals surface area contributed by atoms with E-state index >= 15 is 0 Å². The van der Waals surface area contributed by atoms with Gasteiger partial charge in [0.25, 0.3) is 0 Å². The van der Waals surface area contributed by atoms with E-state index in [1.165, 1.54) is 6.92 Å². The molecule has 1 heterocycles. The molecule has 80 valence electrons. The second-order valence-corrected chi connectivity index (χ2v) is 4.64. The highest BCUT2D eigenvalue weighted by Gasteiger charge is 2.42. The molecule has 0 aromatic heterocycles. The van der Waals surface area contributed by atoms with Crippen molar-refractivity contribution < 1.29 is 9.59 Å². The van der Waals surface area contributed by atoms with Crippen LogP contribution in [0.15, 0.2) is 0 Å². The van der Waals surface area contributed by atoms with E-state index in [4.69, 9.17) is 0 Å². The standard InChI is InChI=1S/C11H19NO2/c1-5-11(4)6-10(8(2)13)12(7-11)9(3)14/h10H,5-7H2,1-4H3. The monoisotopic (exact) mass is 197 g/mol. The summed E-state index contributed by atoms with van der Waals surface area (Å²) in [5.41, 5.74) is 0.127. The van der Waals surface area contributed by atoms with Crippen molar-refractivity contribution in [3.63, 3.8) is 0 Å². The van der Waals surface area contributed by atoms with E-state index < -0.39 is 0 Å². The summed E-state index contributed by atoms with van der Waals surface area (Å²) in [7, 11) is 0. The first-order valence-electron chi connectivity index (χ1n) is 5.17. The molecule has 0 N–H and O–H groups in total. The molecule has 0 spiro atoms. The highest BCUT2D eigenvalue weighted by Crippen LogP contribution is 2.37. The van der Waals surface area contributed by atoms with E-state index in [0.29, 0.717) is 0 Å². The number of likely N-dealkylation sites (tertiary alicyclic amines) is 1. The van der Waals surface area contributed by atoms with E-state index in [1.807, 2.05) is 0 Å². The first-order chi connectivity index (χ1) is 6.39. The number of carbonyl (C=O) groups excluding carboxylic acids is 2. The molecule has 1 aliphatic heterocycles. The quantitative estimate of drug-likeness (QED) is 0.674. The Morgan fingerprint density at radius 1 is 1.43 bits per heavy atom. The molecule has 2 atom stereocenters. The lowest BCUT2D eigenvalue weighted by Gasteiger charge is -2.22. The molecule has 2 unspecified atom stereocenters. The van der Waals surface area contributed by atoms with Gasteiger partial charge in [0.2, 0.25) is 5.91 Å². The van der Waals surface area contributed by atoms with Gasteiger partial charge in [-0.05, 0) is 25.2 Å². The van der Waals surface area contributed by atoms with Crippen LogP contribution in [0.3, 0.4) is 0 Å². The maximum Gasteiger partial charge on any atom is 0.220 e. The lowest BCUT2D eigenvalue weighted by atomic mass is 9.85. The van der Waals surface area contributed by atoms with Crippen molar-refractivity contribution in [3.05, 3.63) is 0 Å². The molecule has 1 fully saturated rings. The number of nitrogens with zero attached hydrogens (tertiary/aromatic N) is 1. The Balaban J connectivity index is 2.85. The van der Waals surface area contributed by atoms with Crippen molar-refractivity contribution in [1.82, 2.24) is 4.90 Å². The molecular formula is C11H19NO2. The van der Waals surface area contributed by atoms with Gasteiger partial charge in [-0.3, -0.25) is 9.59 Å². The summed E-state index contributed by atoms with van der Waals surface area (Å²) in [6, 6.07) is -0.183. The van der Waals surface area contributed by atoms with Crippen LogP contribution in [-0.4, -0.2) is 29.2 Å². The normalized spacial score (nSPS) is 32.0. The number of Topliss-reactive ketones (excluding diaryl/α,β-unsaturated/α-hetero) is 1. The second kappa shape index (κ2) is 3.71. The lowest BCUT2D eigenvalue weighted by Crippen LogP contribution is -2.38. The van der Waals surface area contributed by atoms with Crippen molar-refractivity contribution in [2.45, 2.75) is 46.6 Å². The van der Waals surface area contributed by atoms with Crippen molar-refractivity contribution in [2.75, 3.05) is 6.54 Å². The SMILES string of the molecule is CCC1(C)CC(C(C)=O)N(C(C)=O)C1. The smallest absolute Gasteiger partial charge is 0.220 e. The topological polar surface area (TPSA) is 37.4 Å². The van der Waals surface area contributed by atoms with E-state index in [1.54, 1.807) is 11.8 Å². The fourth-order valence-corrected chi connectivity index (χ4v) is 2.11. The van der Waals surface area contributed by atoms with Gasteiger partial charge in [-0.2, -0.15) is 0 Å². The number of amides is 1. The molecule has 0 bridgehead atoms. The molecule has 14 heavy (non-hydrogen) atoms. The first kappa shape index (κ1) is 11.2. The van der Waals surface area contributed by atoms with Gasteiger partial charge < -0.3 is 4.90 Å². The summed E-state index contributed by atoms with van der Waals surface area (Å²) < 4.78 is 0. The maximum atomic E-state index is 11.4. The van der Waals surface area contributed by atoms with Crippen LogP contribution >= 0.6 is 0 Å². The highest BCUT2D eigenvalue weighted by molar-refractivity contribution is 5.87. The molecule has 0 aliphatic carbocycles. The summed E-state index contributed by atoms with van der Waals surface area (Å²) in [5.74, 6) is 0.125. The molecule has 0 aromatic rings. The Kier molecular flexibility index (Phi) is 2.98. The fourth-order valence-electron chi connectivity index (χ4n) is 2.11. The molecule has 0 radical (unpaired) electrons. The van der Waals surface area contributed by atoms with Crippen LogP contribution in [-0.2, 0) is 9.59 Å². The van der Waals surface area contributed by atoms with Crippen molar-refractivity contribution in [1.29, 1.82) is 0 Å². The fraction of sp³-hybridized carbons (Fsp3) is 0.818. The number of hydrogen-bond donors (Lipinski definition) is 0. The average molecular weight is 197 g/mol. The van der Waals surface area contributed by atoms with Gasteiger partial charge >= 0.3 is 0 Å². The third kappa shape index (κ3) is 1.97. The maximum absolute atomic E-state index is 11.4. The van der Waals surface area contributed by atoms with Crippen LogP contribution in [0.2, 0.25) is 0 Å². The zero-order chi connectivity index (χ0) is 10.9. The van der Waals surface area contributed by atoms with Crippen LogP contribution < -0.4 is 0 Å². The predicted octanol–water partition coefficient (Wildman–Crippen LogP) is 1.61. The number of hydrogen-bond acceptors (Lipinski definition) is 2. The molecule has 1 aliphatic rings. The molecule has 1 amide bonds. The Morgan fingerprint density at radius 3 is 2.29 bits per heavy atom. The van der Waals surface area contributed by atoms with Gasteiger partial charge in [-0.1, -0.05) is 13.8 Å². The summed E-state index contributed by atoms with van der Waals surface area (Å²) in [5, 5.41) is 0. The Labute approximate surface area is 85.5 Å². The van der Waals surface area contributed by atoms with E-state index in [2.05, 4.69) is 13.8 Å². The second-order valence-electron chi connectivity index (χ2n) is 4.64. The Bertz CT molecular complexity index is 238. The lowest BCUT2D eigenvalue weighted by molar-refractivity contribution is -0.135. The van der Waals surface area contributed by atoms with Crippen molar-refractivity contribution in [3.8, 4) is 0 Å². The average Bonchev–Trinajstić information content (AvgIpc) is 2.45. The van der Waals surface area contributed by atoms with Crippen LogP contribution in [0, 0.1) is 5.41 Å². The molecule has 0 aromatic carbocycles. The summed E-state index contributed by atoms with van der Waals surface area (Å²) in [6.45, 7) is 8.09. The molecular weight excluding hydrogens is 178 g/mol. The Hall–Kier alpha value is -0.860. The molecule has 3 heteroatoms. The van der Waals surface area contributed by atoms with E-state index in [0.717, 1.165) is 19.4 Å². The Morgan fingerprint density at radius 2 is 2.00 bits per heavy atom. The van der Waals surface area contributed by atoms with Crippen LogP contribution in [0.4, 0.5) is 0 Å². The van der Waals surface area contributed by atoms with Crippen molar-refractivity contribution >= 4 is 11.7 Å². The minimum Gasteiger partial charge on any atom is -0.332 e. The van der Waals surface area contributed by atoms with Gasteiger partial charge in [0.15, 0.2) is 5.78 Å². The third-order valence-corrected chi connectivity index (χ3v) is 3.34. The zero-order valence-corrected chi connectivity index (χ0v) is 9.46. The van der Waals surface area contributed by atoms with Gasteiger partial charge in [-0.25, -0.2) is 0 Å². The molecule has 3 nitrogen and oxygen atoms in total. The molecule has 1 rings (SSSR count). The van der Waals surface area contributed by atoms with Crippen LogP contribution in [0.5, 0.6) is 0 Å². The zero-order valence-electron chi connectivity index (χ0n) is 9.46. The molecule has 1 saturated heterocycles. The van der Waals surface area contributed by atoms with Crippen molar-refractivity contribution in [2.24, 2.45) is 5.41 Å². The largest absolute Gasteiger partial charge is 0.332 e. The summed E-state index contributed by atoms with van der Waals surface area (Å²) >= 11 is 0. The third-order valence-electron chi connectivity index (χ3n) is 3.34. The first-order valence-corrected chi connectivity index (χ1v) is 5.17.